The molecule has 2 amide bonds. The van der Waals surface area contributed by atoms with Crippen LogP contribution in [0.4, 0.5) is 4.79 Å². The van der Waals surface area contributed by atoms with E-state index in [1.54, 1.807) is 4.90 Å². The van der Waals surface area contributed by atoms with Gasteiger partial charge < -0.3 is 19.1 Å². The third kappa shape index (κ3) is 11.9. The van der Waals surface area contributed by atoms with E-state index in [1.807, 2.05) is 75.6 Å². The lowest BCUT2D eigenvalue weighted by Crippen LogP contribution is -2.51. The Morgan fingerprint density at radius 3 is 2.38 bits per heavy atom. The van der Waals surface area contributed by atoms with Crippen molar-refractivity contribution in [2.24, 2.45) is 0 Å². The minimum atomic E-state index is -0.482. The Bertz CT molecular complexity index is 1710. The second-order valence-electron chi connectivity index (χ2n) is 13.9. The zero-order chi connectivity index (χ0) is 37.7. The van der Waals surface area contributed by atoms with Crippen molar-refractivity contribution in [3.05, 3.63) is 116 Å². The molecule has 4 aromatic rings. The third-order valence-electron chi connectivity index (χ3n) is 8.93. The number of amides is 2. The summed E-state index contributed by atoms with van der Waals surface area (Å²) >= 11 is 9.88. The lowest BCUT2D eigenvalue weighted by Gasteiger charge is -2.40. The molecule has 0 N–H and O–H groups in total. The zero-order valence-corrected chi connectivity index (χ0v) is 33.0. The molecule has 1 fully saturated rings. The number of fused-ring (bicyclic) bond motifs is 2. The molecule has 1 saturated heterocycles. The molecular weight excluding hydrogens is 740 g/mol. The summed E-state index contributed by atoms with van der Waals surface area (Å²) in [7, 11) is 0. The number of imidazole rings is 1. The Balaban J connectivity index is 0.000000239. The molecule has 0 bridgehead atoms. The van der Waals surface area contributed by atoms with Gasteiger partial charge in [-0.15, -0.1) is 12.8 Å². The number of carbonyl (C=O) groups excluding carboxylic acids is 2. The Hall–Kier alpha value is -4.17. The number of ether oxygens (including phenoxy) is 1. The molecule has 9 nitrogen and oxygen atoms in total. The highest BCUT2D eigenvalue weighted by molar-refractivity contribution is 9.10. The van der Waals surface area contributed by atoms with Crippen LogP contribution in [-0.2, 0) is 35.3 Å². The summed E-state index contributed by atoms with van der Waals surface area (Å²) in [4.78, 5) is 38.7. The van der Waals surface area contributed by atoms with E-state index < -0.39 is 5.60 Å². The molecule has 2 aliphatic rings. The maximum atomic E-state index is 12.5. The van der Waals surface area contributed by atoms with Crippen LogP contribution < -0.4 is 0 Å². The van der Waals surface area contributed by atoms with E-state index in [2.05, 4.69) is 73.6 Å². The highest BCUT2D eigenvalue weighted by Crippen LogP contribution is 2.38. The van der Waals surface area contributed by atoms with Crippen molar-refractivity contribution >= 4 is 40.0 Å². The van der Waals surface area contributed by atoms with Crippen molar-refractivity contribution in [2.75, 3.05) is 39.3 Å². The van der Waals surface area contributed by atoms with Gasteiger partial charge in [-0.1, -0.05) is 48.0 Å². The average Bonchev–Trinajstić information content (AvgIpc) is 3.48. The summed E-state index contributed by atoms with van der Waals surface area (Å²) in [6, 6.07) is 18.7. The predicted octanol–water partition coefficient (Wildman–Crippen LogP) is 7.77. The number of rotatable bonds is 9. The molecule has 52 heavy (non-hydrogen) atoms. The minimum absolute atomic E-state index is 0.0589. The maximum absolute atomic E-state index is 12.5. The summed E-state index contributed by atoms with van der Waals surface area (Å²) in [5, 5.41) is 0.766. The van der Waals surface area contributed by atoms with Gasteiger partial charge in [-0.3, -0.25) is 14.7 Å². The van der Waals surface area contributed by atoms with Crippen LogP contribution in [0.25, 0.3) is 0 Å². The monoisotopic (exact) mass is 788 g/mol. The van der Waals surface area contributed by atoms with Gasteiger partial charge in [-0.05, 0) is 110 Å². The van der Waals surface area contributed by atoms with Gasteiger partial charge in [0.05, 0.1) is 23.8 Å². The lowest BCUT2D eigenvalue weighted by molar-refractivity contribution is -0.118. The number of pyridine rings is 1. The van der Waals surface area contributed by atoms with Crippen molar-refractivity contribution in [1.82, 2.24) is 29.2 Å². The first kappa shape index (κ1) is 40.6. The number of benzene rings is 2. The van der Waals surface area contributed by atoms with E-state index in [0.29, 0.717) is 13.1 Å². The number of piperazine rings is 1. The Morgan fingerprint density at radius 1 is 1.02 bits per heavy atom. The molecule has 0 radical (unpaired) electrons. The standard InChI is InChI=1S/C23H27BrClN3O2.C16H21N3O.C2H2/c1-23(2,3)30-22(29)28-10-8-27(9-11-28)21-19-7-6-18(25)13-15(19)4-5-16-12-17(24)14-26-20(16)21;1-15-12-19(13-17-15)10-5-9-18(14-20)11-8-16-6-3-2-4-7-16;1-2/h6-7,12-14,21H,4-5,8-11H2,1-3H3;2-4,6-7,12-14H,5,8-11H2,1H3;1-2H. The van der Waals surface area contributed by atoms with Gasteiger partial charge in [0.25, 0.3) is 0 Å². The quantitative estimate of drug-likeness (QED) is 0.127. The fraction of sp³-hybridized carbons (Fsp3) is 0.415. The van der Waals surface area contributed by atoms with Crippen LogP contribution in [0.3, 0.4) is 0 Å². The minimum Gasteiger partial charge on any atom is -0.444 e. The Kier molecular flexibility index (Phi) is 15.3. The van der Waals surface area contributed by atoms with Crippen molar-refractivity contribution in [2.45, 2.75) is 71.6 Å². The van der Waals surface area contributed by atoms with Crippen LogP contribution >= 0.6 is 27.5 Å². The molecule has 11 heteroatoms. The van der Waals surface area contributed by atoms with Gasteiger partial charge in [0.15, 0.2) is 0 Å². The molecule has 0 spiro atoms. The molecule has 2 aromatic carbocycles. The Morgan fingerprint density at radius 2 is 1.73 bits per heavy atom. The summed E-state index contributed by atoms with van der Waals surface area (Å²) in [5.74, 6) is 0. The molecule has 1 aliphatic carbocycles. The highest BCUT2D eigenvalue weighted by atomic mass is 79.9. The van der Waals surface area contributed by atoms with Gasteiger partial charge in [0.1, 0.15) is 5.60 Å². The van der Waals surface area contributed by atoms with Gasteiger partial charge in [-0.2, -0.15) is 0 Å². The van der Waals surface area contributed by atoms with Gasteiger partial charge in [0, 0.05) is 67.7 Å². The van der Waals surface area contributed by atoms with Crippen LogP contribution in [-0.4, -0.2) is 86.6 Å². The third-order valence-corrected chi connectivity index (χ3v) is 9.59. The topological polar surface area (TPSA) is 83.8 Å². The van der Waals surface area contributed by atoms with E-state index in [4.69, 9.17) is 21.3 Å². The molecule has 3 heterocycles. The van der Waals surface area contributed by atoms with Gasteiger partial charge >= 0.3 is 6.09 Å². The SMILES string of the molecule is C#C.CC(C)(C)OC(=O)N1CCN(C2c3ccc(Cl)cc3CCc3cc(Br)cnc32)CC1.Cc1cn(CCCN(C=O)CCc2ccccc2)cn1. The van der Waals surface area contributed by atoms with Gasteiger partial charge in [-0.25, -0.2) is 9.78 Å². The number of nitrogens with zero attached hydrogens (tertiary/aromatic N) is 6. The summed E-state index contributed by atoms with van der Waals surface area (Å²) in [6.45, 7) is 12.9. The van der Waals surface area contributed by atoms with Crippen molar-refractivity contribution in [3.63, 3.8) is 0 Å². The van der Waals surface area contributed by atoms with Crippen LogP contribution in [0.1, 0.15) is 66.9 Å². The lowest BCUT2D eigenvalue weighted by atomic mass is 9.96. The van der Waals surface area contributed by atoms with Crippen molar-refractivity contribution < 1.29 is 14.3 Å². The fourth-order valence-corrected chi connectivity index (χ4v) is 7.03. The predicted molar refractivity (Wildman–Crippen MR) is 211 cm³/mol. The molecular formula is C41H50BrClN6O3. The maximum Gasteiger partial charge on any atom is 0.410 e. The number of halogens is 2. The number of hydrogen-bond donors (Lipinski definition) is 0. The molecule has 1 unspecified atom stereocenters. The molecule has 0 saturated carbocycles. The highest BCUT2D eigenvalue weighted by Gasteiger charge is 2.34. The second kappa shape index (κ2) is 19.6. The Labute approximate surface area is 322 Å². The number of carbonyl (C=O) groups is 2. The second-order valence-corrected chi connectivity index (χ2v) is 15.3. The van der Waals surface area contributed by atoms with Gasteiger partial charge in [0.2, 0.25) is 6.41 Å². The number of aromatic nitrogens is 3. The first-order valence-electron chi connectivity index (χ1n) is 17.7. The number of aryl methyl sites for hydroxylation is 4. The molecule has 1 aliphatic heterocycles. The van der Waals surface area contributed by atoms with E-state index in [1.165, 1.54) is 22.3 Å². The van der Waals surface area contributed by atoms with Crippen LogP contribution in [0.5, 0.6) is 0 Å². The van der Waals surface area contributed by atoms with E-state index in [9.17, 15) is 9.59 Å². The van der Waals surface area contributed by atoms with E-state index in [0.717, 1.165) is 85.7 Å². The van der Waals surface area contributed by atoms with Crippen molar-refractivity contribution in [3.8, 4) is 12.8 Å². The molecule has 1 atom stereocenters. The zero-order valence-electron chi connectivity index (χ0n) is 30.7. The summed E-state index contributed by atoms with van der Waals surface area (Å²) < 4.78 is 8.62. The van der Waals surface area contributed by atoms with Crippen molar-refractivity contribution in [1.29, 1.82) is 0 Å². The van der Waals surface area contributed by atoms with Crippen LogP contribution in [0.15, 0.2) is 77.8 Å². The average molecular weight is 790 g/mol. The van der Waals surface area contributed by atoms with Crippen LogP contribution in [0.2, 0.25) is 5.02 Å². The summed E-state index contributed by atoms with van der Waals surface area (Å²) in [5.41, 5.74) is 6.71. The first-order chi connectivity index (χ1) is 25.0. The molecule has 6 rings (SSSR count). The fourth-order valence-electron chi connectivity index (χ4n) is 6.46. The number of terminal acetylenes is 1. The molecule has 276 valence electrons. The van der Waals surface area contributed by atoms with E-state index in [-0.39, 0.29) is 12.1 Å². The largest absolute Gasteiger partial charge is 0.444 e. The normalized spacial score (nSPS) is 15.4. The summed E-state index contributed by atoms with van der Waals surface area (Å²) in [6.07, 6.45) is 18.2. The molecule has 2 aromatic heterocycles. The number of hydrogen-bond acceptors (Lipinski definition) is 6. The first-order valence-corrected chi connectivity index (χ1v) is 18.9. The van der Waals surface area contributed by atoms with E-state index >= 15 is 0 Å². The van der Waals surface area contributed by atoms with Crippen LogP contribution in [0, 0.1) is 19.8 Å². The smallest absolute Gasteiger partial charge is 0.410 e.